The van der Waals surface area contributed by atoms with Gasteiger partial charge in [-0.25, -0.2) is 4.79 Å². The highest BCUT2D eigenvalue weighted by Crippen LogP contribution is 2.35. The number of unbranched alkanes of at least 4 members (excludes halogenated alkanes) is 1. The fraction of sp³-hybridized carbons (Fsp3) is 0.909. The molecule has 1 amide bonds. The Hall–Kier alpha value is 0. The SMILES string of the molecule is CCCCN1C(=O)O[C@@H]2CC[C@@H](I)[C@H]1C2. The van der Waals surface area contributed by atoms with Gasteiger partial charge >= 0.3 is 6.09 Å². The summed E-state index contributed by atoms with van der Waals surface area (Å²) < 4.78 is 6.01. The van der Waals surface area contributed by atoms with Crippen LogP contribution in [0.2, 0.25) is 0 Å². The van der Waals surface area contributed by atoms with Gasteiger partial charge in [-0.2, -0.15) is 0 Å². The molecule has 1 saturated heterocycles. The van der Waals surface area contributed by atoms with Crippen molar-refractivity contribution in [2.45, 2.75) is 55.1 Å². The number of alkyl halides is 1. The number of nitrogens with zero attached hydrogens (tertiary/aromatic N) is 1. The predicted molar refractivity (Wildman–Crippen MR) is 67.3 cm³/mol. The standard InChI is InChI=1S/C11H18INO2/c1-2-3-6-13-10-7-8(15-11(13)14)4-5-9(10)12/h8-10H,2-7H2,1H3/t8-,9-,10-/m1/s1. The van der Waals surface area contributed by atoms with E-state index in [2.05, 4.69) is 29.5 Å². The molecule has 0 radical (unpaired) electrons. The lowest BCUT2D eigenvalue weighted by Gasteiger charge is -2.44. The van der Waals surface area contributed by atoms with Crippen LogP contribution in [-0.2, 0) is 4.74 Å². The van der Waals surface area contributed by atoms with Crippen molar-refractivity contribution in [1.82, 2.24) is 4.90 Å². The second-order valence-corrected chi connectivity index (χ2v) is 6.05. The summed E-state index contributed by atoms with van der Waals surface area (Å²) in [5, 5.41) is 0. The van der Waals surface area contributed by atoms with Crippen molar-refractivity contribution in [3.05, 3.63) is 0 Å². The van der Waals surface area contributed by atoms with Crippen LogP contribution < -0.4 is 0 Å². The van der Waals surface area contributed by atoms with Crippen LogP contribution in [0.5, 0.6) is 0 Å². The zero-order valence-corrected chi connectivity index (χ0v) is 11.3. The molecule has 3 atom stereocenters. The van der Waals surface area contributed by atoms with Gasteiger partial charge in [0.15, 0.2) is 0 Å². The van der Waals surface area contributed by atoms with Gasteiger partial charge in [-0.1, -0.05) is 35.9 Å². The predicted octanol–water partition coefficient (Wildman–Crippen LogP) is 2.96. The van der Waals surface area contributed by atoms with Crippen LogP contribution in [0, 0.1) is 0 Å². The highest BCUT2D eigenvalue weighted by atomic mass is 127. The van der Waals surface area contributed by atoms with Crippen molar-refractivity contribution in [3.63, 3.8) is 0 Å². The largest absolute Gasteiger partial charge is 0.446 e. The lowest BCUT2D eigenvalue weighted by atomic mass is 9.90. The number of rotatable bonds is 3. The van der Waals surface area contributed by atoms with E-state index in [9.17, 15) is 4.79 Å². The molecular formula is C11H18INO2. The van der Waals surface area contributed by atoms with Crippen LogP contribution in [0.25, 0.3) is 0 Å². The molecule has 0 spiro atoms. The maximum absolute atomic E-state index is 11.8. The molecule has 1 aliphatic heterocycles. The number of amides is 1. The summed E-state index contributed by atoms with van der Waals surface area (Å²) in [5.41, 5.74) is 0. The monoisotopic (exact) mass is 323 g/mol. The third kappa shape index (κ3) is 2.40. The molecule has 0 aromatic rings. The minimum absolute atomic E-state index is 0.0777. The van der Waals surface area contributed by atoms with Crippen molar-refractivity contribution in [1.29, 1.82) is 0 Å². The van der Waals surface area contributed by atoms with E-state index >= 15 is 0 Å². The van der Waals surface area contributed by atoms with Crippen LogP contribution in [0.1, 0.15) is 39.0 Å². The van der Waals surface area contributed by atoms with E-state index < -0.39 is 0 Å². The third-order valence-corrected chi connectivity index (χ3v) is 4.79. The van der Waals surface area contributed by atoms with Gasteiger partial charge in [0.1, 0.15) is 6.10 Å². The molecule has 0 aromatic carbocycles. The second kappa shape index (κ2) is 4.89. The minimum atomic E-state index is -0.0777. The van der Waals surface area contributed by atoms with E-state index in [1.165, 1.54) is 6.42 Å². The van der Waals surface area contributed by atoms with Crippen molar-refractivity contribution in [2.24, 2.45) is 0 Å². The fourth-order valence-electron chi connectivity index (χ4n) is 2.43. The van der Waals surface area contributed by atoms with Crippen LogP contribution in [-0.4, -0.2) is 33.6 Å². The number of carbonyl (C=O) groups excluding carboxylic acids is 1. The van der Waals surface area contributed by atoms with Crippen LogP contribution >= 0.6 is 22.6 Å². The van der Waals surface area contributed by atoms with Gasteiger partial charge in [-0.3, -0.25) is 0 Å². The van der Waals surface area contributed by atoms with Crippen LogP contribution in [0.15, 0.2) is 0 Å². The molecule has 15 heavy (non-hydrogen) atoms. The first-order valence-electron chi connectivity index (χ1n) is 5.83. The Morgan fingerprint density at radius 3 is 3.07 bits per heavy atom. The molecule has 4 heteroatoms. The van der Waals surface area contributed by atoms with E-state index in [0.717, 1.165) is 32.2 Å². The molecule has 1 aliphatic carbocycles. The van der Waals surface area contributed by atoms with E-state index in [4.69, 9.17) is 4.74 Å². The summed E-state index contributed by atoms with van der Waals surface area (Å²) in [6, 6.07) is 0.428. The number of carbonyl (C=O) groups is 1. The zero-order chi connectivity index (χ0) is 10.8. The number of halogens is 1. The lowest BCUT2D eigenvalue weighted by molar-refractivity contribution is -0.0209. The van der Waals surface area contributed by atoms with Crippen molar-refractivity contribution < 1.29 is 9.53 Å². The molecule has 0 N–H and O–H groups in total. The minimum Gasteiger partial charge on any atom is -0.446 e. The van der Waals surface area contributed by atoms with Gasteiger partial charge in [0, 0.05) is 16.9 Å². The highest BCUT2D eigenvalue weighted by molar-refractivity contribution is 14.1. The molecule has 1 saturated carbocycles. The van der Waals surface area contributed by atoms with Crippen molar-refractivity contribution in [3.8, 4) is 0 Å². The summed E-state index contributed by atoms with van der Waals surface area (Å²) in [7, 11) is 0. The molecular weight excluding hydrogens is 305 g/mol. The van der Waals surface area contributed by atoms with E-state index in [1.54, 1.807) is 0 Å². The number of hydrogen-bond donors (Lipinski definition) is 0. The Kier molecular flexibility index (Phi) is 3.74. The normalized spacial score (nSPS) is 35.2. The Morgan fingerprint density at radius 1 is 1.53 bits per heavy atom. The highest BCUT2D eigenvalue weighted by Gasteiger charge is 2.41. The first-order chi connectivity index (χ1) is 7.22. The Morgan fingerprint density at radius 2 is 2.33 bits per heavy atom. The van der Waals surface area contributed by atoms with Crippen LogP contribution in [0.3, 0.4) is 0 Å². The van der Waals surface area contributed by atoms with Gasteiger partial charge in [-0.15, -0.1) is 0 Å². The molecule has 2 rings (SSSR count). The molecule has 0 unspecified atom stereocenters. The summed E-state index contributed by atoms with van der Waals surface area (Å²) in [6.45, 7) is 3.02. The van der Waals surface area contributed by atoms with E-state index in [1.807, 2.05) is 4.90 Å². The average Bonchev–Trinajstić information content (AvgIpc) is 2.23. The molecule has 3 nitrogen and oxygen atoms in total. The van der Waals surface area contributed by atoms with Crippen LogP contribution in [0.4, 0.5) is 4.79 Å². The van der Waals surface area contributed by atoms with E-state index in [0.29, 0.717) is 9.97 Å². The molecule has 2 bridgehead atoms. The van der Waals surface area contributed by atoms with E-state index in [-0.39, 0.29) is 12.2 Å². The van der Waals surface area contributed by atoms with Gasteiger partial charge in [0.2, 0.25) is 0 Å². The zero-order valence-electron chi connectivity index (χ0n) is 9.12. The summed E-state index contributed by atoms with van der Waals surface area (Å²) in [5.74, 6) is 0. The molecule has 2 aliphatic rings. The first kappa shape index (κ1) is 11.5. The molecule has 86 valence electrons. The smallest absolute Gasteiger partial charge is 0.410 e. The first-order valence-corrected chi connectivity index (χ1v) is 7.08. The number of ether oxygens (including phenoxy) is 1. The van der Waals surface area contributed by atoms with Gasteiger partial charge in [0.25, 0.3) is 0 Å². The van der Waals surface area contributed by atoms with Crippen molar-refractivity contribution >= 4 is 28.7 Å². The topological polar surface area (TPSA) is 29.5 Å². The Bertz CT molecular complexity index is 247. The van der Waals surface area contributed by atoms with Crippen molar-refractivity contribution in [2.75, 3.05) is 6.54 Å². The van der Waals surface area contributed by atoms with Gasteiger partial charge < -0.3 is 9.64 Å². The Labute approximate surface area is 105 Å². The summed E-state index contributed by atoms with van der Waals surface area (Å²) >= 11 is 2.49. The summed E-state index contributed by atoms with van der Waals surface area (Å²) in [6.07, 6.45) is 5.62. The number of hydrogen-bond acceptors (Lipinski definition) is 2. The second-order valence-electron chi connectivity index (χ2n) is 4.45. The Balaban J connectivity index is 2.03. The summed E-state index contributed by atoms with van der Waals surface area (Å²) in [4.78, 5) is 13.7. The fourth-order valence-corrected chi connectivity index (χ4v) is 3.47. The third-order valence-electron chi connectivity index (χ3n) is 3.34. The average molecular weight is 323 g/mol. The maximum atomic E-state index is 11.8. The molecule has 2 fully saturated rings. The maximum Gasteiger partial charge on any atom is 0.410 e. The molecule has 0 aromatic heterocycles. The lowest BCUT2D eigenvalue weighted by Crippen LogP contribution is -2.55. The van der Waals surface area contributed by atoms with Gasteiger partial charge in [-0.05, 0) is 19.3 Å². The van der Waals surface area contributed by atoms with Gasteiger partial charge in [0.05, 0.1) is 6.04 Å². The number of fused-ring (bicyclic) bond motifs is 2. The quantitative estimate of drug-likeness (QED) is 0.590. The molecule has 1 heterocycles.